The number of amides is 3. The van der Waals surface area contributed by atoms with Crippen LogP contribution in [0.5, 0.6) is 0 Å². The lowest BCUT2D eigenvalue weighted by molar-refractivity contribution is -0.142. The molecule has 2 heterocycles. The highest BCUT2D eigenvalue weighted by Gasteiger charge is 2.66. The van der Waals surface area contributed by atoms with E-state index in [1.807, 2.05) is 26.0 Å². The lowest BCUT2D eigenvalue weighted by Gasteiger charge is -2.51. The second-order valence-electron chi connectivity index (χ2n) is 8.39. The number of carbonyl (C=O) groups excluding carboxylic acids is 2. The number of allylic oxidation sites excluding steroid dienone is 1. The van der Waals surface area contributed by atoms with Gasteiger partial charge in [-0.3, -0.25) is 9.59 Å². The monoisotopic (exact) mass is 486 g/mol. The Hall–Kier alpha value is -2.83. The van der Waals surface area contributed by atoms with Crippen LogP contribution in [0.2, 0.25) is 10.0 Å². The summed E-state index contributed by atoms with van der Waals surface area (Å²) in [7, 11) is 1.68. The minimum Gasteiger partial charge on any atom is -0.464 e. The number of likely N-dealkylation sites (N-methyl/N-ethyl adjacent to an activating group) is 1. The Morgan fingerprint density at radius 2 is 1.88 bits per heavy atom. The molecule has 6 nitrogen and oxygen atoms in total. The number of piperidine rings is 1. The molecule has 3 amide bonds. The largest absolute Gasteiger partial charge is 0.464 e. The second-order valence-corrected chi connectivity index (χ2v) is 9.26. The molecule has 1 fully saturated rings. The maximum atomic E-state index is 14.3. The van der Waals surface area contributed by atoms with Gasteiger partial charge in [0.25, 0.3) is 0 Å². The number of carboxylic acid groups (broad SMARTS) is 1. The summed E-state index contributed by atoms with van der Waals surface area (Å²) in [5, 5.41) is 10.8. The highest BCUT2D eigenvalue weighted by Crippen LogP contribution is 2.58. The molecule has 2 aromatic carbocycles. The summed E-state index contributed by atoms with van der Waals surface area (Å²) in [4.78, 5) is 42.2. The third-order valence-corrected chi connectivity index (χ3v) is 7.39. The van der Waals surface area contributed by atoms with Crippen LogP contribution < -0.4 is 4.90 Å². The Kier molecular flexibility index (Phi) is 6.01. The number of likely N-dealkylation sites (tertiary alicyclic amines) is 1. The highest BCUT2D eigenvalue weighted by molar-refractivity contribution is 6.32. The quantitative estimate of drug-likeness (QED) is 0.570. The molecule has 0 unspecified atom stereocenters. The zero-order valence-electron chi connectivity index (χ0n) is 18.5. The fourth-order valence-electron chi connectivity index (χ4n) is 5.56. The van der Waals surface area contributed by atoms with Gasteiger partial charge >= 0.3 is 6.09 Å². The predicted octanol–water partition coefficient (Wildman–Crippen LogP) is 5.63. The summed E-state index contributed by atoms with van der Waals surface area (Å²) < 4.78 is 0. The number of benzene rings is 2. The Bertz CT molecular complexity index is 1190. The van der Waals surface area contributed by atoms with Crippen molar-refractivity contribution in [2.45, 2.75) is 44.1 Å². The molecule has 8 heteroatoms. The van der Waals surface area contributed by atoms with E-state index in [-0.39, 0.29) is 18.0 Å². The molecule has 0 aliphatic carbocycles. The first kappa shape index (κ1) is 23.3. The maximum Gasteiger partial charge on any atom is 0.418 e. The van der Waals surface area contributed by atoms with E-state index in [1.165, 1.54) is 6.07 Å². The highest BCUT2D eigenvalue weighted by atomic mass is 35.5. The normalized spacial score (nSPS) is 25.1. The Morgan fingerprint density at radius 3 is 2.48 bits per heavy atom. The van der Waals surface area contributed by atoms with Crippen molar-refractivity contribution in [1.82, 2.24) is 4.90 Å². The van der Waals surface area contributed by atoms with E-state index in [1.54, 1.807) is 42.3 Å². The number of anilines is 1. The molecule has 1 spiro atoms. The van der Waals surface area contributed by atoms with Gasteiger partial charge in [0, 0.05) is 29.4 Å². The smallest absolute Gasteiger partial charge is 0.418 e. The molecule has 1 saturated heterocycles. The van der Waals surface area contributed by atoms with Gasteiger partial charge in [0.05, 0.1) is 11.7 Å². The van der Waals surface area contributed by atoms with Crippen LogP contribution in [0.3, 0.4) is 0 Å². The summed E-state index contributed by atoms with van der Waals surface area (Å²) in [6, 6.07) is 11.3. The molecular formula is C25H24Cl2N2O4. The standard InChI is InChI=1S/C25H24Cl2N2O4/c1-4-14(5-2)22-25(18-10-9-17(27)12-20(18)29(23(25)31)24(32)33)19(13-21(30)28(22)3)15-7-6-8-16(26)11-15/h4,6-12,19,22H,5,13H2,1-3H3,(H,32,33)/t19-,22+,25-/m0/s1. The lowest BCUT2D eigenvalue weighted by Crippen LogP contribution is -2.64. The first-order valence-corrected chi connectivity index (χ1v) is 11.5. The van der Waals surface area contributed by atoms with Gasteiger partial charge in [-0.25, -0.2) is 9.69 Å². The van der Waals surface area contributed by atoms with Gasteiger partial charge < -0.3 is 10.0 Å². The average molecular weight is 487 g/mol. The van der Waals surface area contributed by atoms with E-state index < -0.39 is 29.4 Å². The van der Waals surface area contributed by atoms with Crippen LogP contribution in [0.1, 0.15) is 43.7 Å². The number of halogens is 2. The predicted molar refractivity (Wildman–Crippen MR) is 128 cm³/mol. The number of rotatable bonds is 3. The molecule has 0 saturated carbocycles. The molecule has 2 aliphatic heterocycles. The minimum absolute atomic E-state index is 0.0370. The van der Waals surface area contributed by atoms with Crippen molar-refractivity contribution in [2.24, 2.45) is 0 Å². The summed E-state index contributed by atoms with van der Waals surface area (Å²) in [5.41, 5.74) is 0.998. The van der Waals surface area contributed by atoms with Crippen molar-refractivity contribution in [2.75, 3.05) is 11.9 Å². The van der Waals surface area contributed by atoms with Gasteiger partial charge in [0.15, 0.2) is 0 Å². The molecule has 3 atom stereocenters. The summed E-state index contributed by atoms with van der Waals surface area (Å²) >= 11 is 12.5. The molecule has 1 N–H and O–H groups in total. The molecule has 33 heavy (non-hydrogen) atoms. The molecule has 0 radical (unpaired) electrons. The van der Waals surface area contributed by atoms with Crippen LogP contribution in [0, 0.1) is 0 Å². The third-order valence-electron chi connectivity index (χ3n) is 6.92. The van der Waals surface area contributed by atoms with Gasteiger partial charge in [0.1, 0.15) is 5.41 Å². The topological polar surface area (TPSA) is 77.9 Å². The number of nitrogens with zero attached hydrogens (tertiary/aromatic N) is 2. The average Bonchev–Trinajstić information content (AvgIpc) is 3.01. The summed E-state index contributed by atoms with van der Waals surface area (Å²) in [5.74, 6) is -1.34. The van der Waals surface area contributed by atoms with E-state index in [0.29, 0.717) is 27.6 Å². The van der Waals surface area contributed by atoms with E-state index in [0.717, 1.165) is 10.5 Å². The van der Waals surface area contributed by atoms with Crippen molar-refractivity contribution in [3.05, 3.63) is 75.3 Å². The molecular weight excluding hydrogens is 463 g/mol. The van der Waals surface area contributed by atoms with E-state index in [2.05, 4.69) is 0 Å². The zero-order chi connectivity index (χ0) is 24.1. The zero-order valence-corrected chi connectivity index (χ0v) is 20.0. The third kappa shape index (κ3) is 3.35. The van der Waals surface area contributed by atoms with Crippen LogP contribution in [-0.2, 0) is 15.0 Å². The molecule has 2 aliphatic rings. The van der Waals surface area contributed by atoms with Crippen molar-refractivity contribution in [3.63, 3.8) is 0 Å². The summed E-state index contributed by atoms with van der Waals surface area (Å²) in [6.07, 6.45) is 1.15. The van der Waals surface area contributed by atoms with E-state index >= 15 is 0 Å². The van der Waals surface area contributed by atoms with Crippen LogP contribution in [-0.4, -0.2) is 41.0 Å². The fraction of sp³-hybridized carbons (Fsp3) is 0.320. The van der Waals surface area contributed by atoms with Crippen LogP contribution >= 0.6 is 23.2 Å². The lowest BCUT2D eigenvalue weighted by atomic mass is 9.58. The van der Waals surface area contributed by atoms with Crippen LogP contribution in [0.15, 0.2) is 54.1 Å². The maximum absolute atomic E-state index is 14.3. The first-order chi connectivity index (χ1) is 15.7. The molecule has 4 rings (SSSR count). The van der Waals surface area contributed by atoms with Gasteiger partial charge in [-0.05, 0) is 48.7 Å². The Labute approximate surface area is 202 Å². The van der Waals surface area contributed by atoms with Crippen molar-refractivity contribution >= 4 is 46.8 Å². The number of imide groups is 1. The minimum atomic E-state index is -1.39. The van der Waals surface area contributed by atoms with Crippen molar-refractivity contribution < 1.29 is 19.5 Å². The fourth-order valence-corrected chi connectivity index (χ4v) is 5.93. The van der Waals surface area contributed by atoms with Crippen LogP contribution in [0.25, 0.3) is 0 Å². The van der Waals surface area contributed by atoms with E-state index in [4.69, 9.17) is 23.2 Å². The molecule has 0 bridgehead atoms. The van der Waals surface area contributed by atoms with E-state index in [9.17, 15) is 19.5 Å². The first-order valence-electron chi connectivity index (χ1n) is 10.7. The number of hydrogen-bond donors (Lipinski definition) is 1. The molecule has 0 aromatic heterocycles. The molecule has 172 valence electrons. The number of hydrogen-bond acceptors (Lipinski definition) is 3. The Balaban J connectivity index is 2.13. The Morgan fingerprint density at radius 1 is 1.18 bits per heavy atom. The van der Waals surface area contributed by atoms with Crippen molar-refractivity contribution in [3.8, 4) is 0 Å². The number of carbonyl (C=O) groups is 3. The molecule has 2 aromatic rings. The van der Waals surface area contributed by atoms with Gasteiger partial charge in [0.2, 0.25) is 11.8 Å². The van der Waals surface area contributed by atoms with Gasteiger partial charge in [-0.1, -0.05) is 60.0 Å². The van der Waals surface area contributed by atoms with Crippen molar-refractivity contribution in [1.29, 1.82) is 0 Å². The summed E-state index contributed by atoms with van der Waals surface area (Å²) in [6.45, 7) is 3.83. The SMILES string of the molecule is CC=C(CC)[C@H]1N(C)C(=O)C[C@@H](c2cccc(Cl)c2)[C@]12C(=O)N(C(=O)O)c1cc(Cl)ccc12. The van der Waals surface area contributed by atoms with Gasteiger partial charge in [-0.15, -0.1) is 0 Å². The van der Waals surface area contributed by atoms with Gasteiger partial charge in [-0.2, -0.15) is 0 Å². The number of fused-ring (bicyclic) bond motifs is 2. The second kappa shape index (κ2) is 8.50. The van der Waals surface area contributed by atoms with Crippen LogP contribution in [0.4, 0.5) is 10.5 Å².